The van der Waals surface area contributed by atoms with Gasteiger partial charge < -0.3 is 10.1 Å². The second kappa shape index (κ2) is 4.01. The van der Waals surface area contributed by atoms with Gasteiger partial charge >= 0.3 is 0 Å². The van der Waals surface area contributed by atoms with Crippen LogP contribution in [0.3, 0.4) is 0 Å². The molecule has 1 aliphatic rings. The Balaban J connectivity index is 2.11. The van der Waals surface area contributed by atoms with Gasteiger partial charge in [-0.1, -0.05) is 18.2 Å². The van der Waals surface area contributed by atoms with E-state index in [-0.39, 0.29) is 0 Å². The van der Waals surface area contributed by atoms with Gasteiger partial charge in [0, 0.05) is 17.6 Å². The zero-order valence-electron chi connectivity index (χ0n) is 8.79. The maximum Gasteiger partial charge on any atom is 0.123 e. The van der Waals surface area contributed by atoms with Crippen LogP contribution in [0, 0.1) is 0 Å². The highest BCUT2D eigenvalue weighted by molar-refractivity contribution is 5.35. The summed E-state index contributed by atoms with van der Waals surface area (Å²) < 4.78 is 5.33. The summed E-state index contributed by atoms with van der Waals surface area (Å²) in [7, 11) is 1.72. The second-order valence-corrected chi connectivity index (χ2v) is 3.90. The van der Waals surface area contributed by atoms with Crippen molar-refractivity contribution in [3.05, 3.63) is 29.8 Å². The van der Waals surface area contributed by atoms with Crippen molar-refractivity contribution in [3.8, 4) is 5.75 Å². The molecule has 1 aromatic rings. The summed E-state index contributed by atoms with van der Waals surface area (Å²) in [5.41, 5.74) is 1.25. The van der Waals surface area contributed by atoms with E-state index < -0.39 is 0 Å². The minimum Gasteiger partial charge on any atom is -0.496 e. The zero-order valence-corrected chi connectivity index (χ0v) is 8.79. The molecule has 0 saturated heterocycles. The topological polar surface area (TPSA) is 21.3 Å². The molecule has 1 saturated carbocycles. The minimum absolute atomic E-state index is 0.388. The molecule has 0 bridgehead atoms. The van der Waals surface area contributed by atoms with E-state index in [9.17, 15) is 0 Å². The average molecular weight is 191 g/mol. The Hall–Kier alpha value is -1.02. The Labute approximate surface area is 85.3 Å². The lowest BCUT2D eigenvalue weighted by molar-refractivity contribution is 0.401. The number of nitrogens with one attached hydrogen (secondary N) is 1. The largest absolute Gasteiger partial charge is 0.496 e. The zero-order chi connectivity index (χ0) is 9.97. The van der Waals surface area contributed by atoms with Crippen LogP contribution >= 0.6 is 0 Å². The molecular formula is C12H17NO. The molecule has 14 heavy (non-hydrogen) atoms. The van der Waals surface area contributed by atoms with E-state index in [0.717, 1.165) is 11.8 Å². The lowest BCUT2D eigenvalue weighted by Gasteiger charge is -2.16. The Bertz CT molecular complexity index is 307. The van der Waals surface area contributed by atoms with Crippen molar-refractivity contribution in [1.82, 2.24) is 5.32 Å². The van der Waals surface area contributed by atoms with Gasteiger partial charge in [-0.25, -0.2) is 0 Å². The Morgan fingerprint density at radius 1 is 1.36 bits per heavy atom. The van der Waals surface area contributed by atoms with Crippen LogP contribution in [0.15, 0.2) is 24.3 Å². The number of methoxy groups -OCH3 is 1. The second-order valence-electron chi connectivity index (χ2n) is 3.90. The Kier molecular flexibility index (Phi) is 2.73. The van der Waals surface area contributed by atoms with Gasteiger partial charge in [0.1, 0.15) is 5.75 Å². The first-order valence-electron chi connectivity index (χ1n) is 5.20. The summed E-state index contributed by atoms with van der Waals surface area (Å²) in [6, 6.07) is 9.32. The fourth-order valence-corrected chi connectivity index (χ4v) is 1.72. The molecule has 1 atom stereocenters. The van der Waals surface area contributed by atoms with Crippen molar-refractivity contribution in [1.29, 1.82) is 0 Å². The molecule has 2 heteroatoms. The molecule has 1 aliphatic carbocycles. The highest BCUT2D eigenvalue weighted by Gasteiger charge is 2.24. The van der Waals surface area contributed by atoms with Crippen molar-refractivity contribution < 1.29 is 4.74 Å². The highest BCUT2D eigenvalue weighted by atomic mass is 16.5. The number of ether oxygens (including phenoxy) is 1. The molecular weight excluding hydrogens is 174 g/mol. The normalized spacial score (nSPS) is 17.9. The van der Waals surface area contributed by atoms with Crippen molar-refractivity contribution in [2.24, 2.45) is 0 Å². The van der Waals surface area contributed by atoms with E-state index in [0.29, 0.717) is 6.04 Å². The first-order valence-corrected chi connectivity index (χ1v) is 5.20. The summed E-state index contributed by atoms with van der Waals surface area (Å²) in [4.78, 5) is 0. The van der Waals surface area contributed by atoms with Gasteiger partial charge in [-0.05, 0) is 25.8 Å². The molecule has 1 N–H and O–H groups in total. The first-order chi connectivity index (χ1) is 6.81. The molecule has 1 unspecified atom stereocenters. The maximum atomic E-state index is 5.33. The van der Waals surface area contributed by atoms with E-state index in [2.05, 4.69) is 24.4 Å². The standard InChI is InChI=1S/C12H17NO/c1-9(13-10-7-8-10)11-5-3-4-6-12(11)14-2/h3-6,9-10,13H,7-8H2,1-2H3. The van der Waals surface area contributed by atoms with E-state index in [1.807, 2.05) is 12.1 Å². The third-order valence-corrected chi connectivity index (χ3v) is 2.67. The molecule has 1 aromatic carbocycles. The van der Waals surface area contributed by atoms with Gasteiger partial charge in [-0.2, -0.15) is 0 Å². The number of rotatable bonds is 4. The molecule has 0 spiro atoms. The highest BCUT2D eigenvalue weighted by Crippen LogP contribution is 2.28. The van der Waals surface area contributed by atoms with E-state index in [1.54, 1.807) is 7.11 Å². The third kappa shape index (κ3) is 2.07. The summed E-state index contributed by atoms with van der Waals surface area (Å²) in [6.45, 7) is 2.19. The molecule has 2 nitrogen and oxygen atoms in total. The maximum absolute atomic E-state index is 5.33. The van der Waals surface area contributed by atoms with E-state index >= 15 is 0 Å². The molecule has 1 fully saturated rings. The van der Waals surface area contributed by atoms with Crippen LogP contribution in [-0.2, 0) is 0 Å². The van der Waals surface area contributed by atoms with Crippen LogP contribution in [0.5, 0.6) is 5.75 Å². The average Bonchev–Trinajstić information content (AvgIpc) is 3.01. The van der Waals surface area contributed by atoms with E-state index in [4.69, 9.17) is 4.74 Å². The lowest BCUT2D eigenvalue weighted by Crippen LogP contribution is -2.21. The summed E-state index contributed by atoms with van der Waals surface area (Å²) in [6.07, 6.45) is 2.64. The molecule has 0 amide bonds. The van der Waals surface area contributed by atoms with Crippen molar-refractivity contribution in [2.45, 2.75) is 31.8 Å². The van der Waals surface area contributed by atoms with Gasteiger partial charge in [0.05, 0.1) is 7.11 Å². The smallest absolute Gasteiger partial charge is 0.123 e. The summed E-state index contributed by atoms with van der Waals surface area (Å²) >= 11 is 0. The van der Waals surface area contributed by atoms with Crippen molar-refractivity contribution in [2.75, 3.05) is 7.11 Å². The van der Waals surface area contributed by atoms with Crippen LogP contribution in [0.2, 0.25) is 0 Å². The van der Waals surface area contributed by atoms with Crippen LogP contribution < -0.4 is 10.1 Å². The molecule has 0 heterocycles. The molecule has 76 valence electrons. The quantitative estimate of drug-likeness (QED) is 0.789. The predicted molar refractivity (Wildman–Crippen MR) is 57.6 cm³/mol. The molecule has 0 aliphatic heterocycles. The van der Waals surface area contributed by atoms with Crippen LogP contribution in [-0.4, -0.2) is 13.2 Å². The van der Waals surface area contributed by atoms with Crippen LogP contribution in [0.4, 0.5) is 0 Å². The van der Waals surface area contributed by atoms with Gasteiger partial charge in [-0.15, -0.1) is 0 Å². The minimum atomic E-state index is 0.388. The molecule has 0 radical (unpaired) electrons. The fraction of sp³-hybridized carbons (Fsp3) is 0.500. The van der Waals surface area contributed by atoms with Gasteiger partial charge in [0.2, 0.25) is 0 Å². The summed E-state index contributed by atoms with van der Waals surface area (Å²) in [5.74, 6) is 0.980. The predicted octanol–water partition coefficient (Wildman–Crippen LogP) is 2.51. The monoisotopic (exact) mass is 191 g/mol. The number of para-hydroxylation sites is 1. The number of hydrogen-bond donors (Lipinski definition) is 1. The third-order valence-electron chi connectivity index (χ3n) is 2.67. The lowest BCUT2D eigenvalue weighted by atomic mass is 10.1. The van der Waals surface area contributed by atoms with Crippen LogP contribution in [0.25, 0.3) is 0 Å². The van der Waals surface area contributed by atoms with Crippen molar-refractivity contribution in [3.63, 3.8) is 0 Å². The number of hydrogen-bond acceptors (Lipinski definition) is 2. The fourth-order valence-electron chi connectivity index (χ4n) is 1.72. The number of benzene rings is 1. The van der Waals surface area contributed by atoms with Gasteiger partial charge in [-0.3, -0.25) is 0 Å². The first kappa shape index (κ1) is 9.53. The van der Waals surface area contributed by atoms with Gasteiger partial charge in [0.15, 0.2) is 0 Å². The molecule has 2 rings (SSSR count). The summed E-state index contributed by atoms with van der Waals surface area (Å²) in [5, 5.41) is 3.56. The van der Waals surface area contributed by atoms with Crippen molar-refractivity contribution >= 4 is 0 Å². The van der Waals surface area contributed by atoms with Gasteiger partial charge in [0.25, 0.3) is 0 Å². The van der Waals surface area contributed by atoms with E-state index in [1.165, 1.54) is 18.4 Å². The van der Waals surface area contributed by atoms with Crippen LogP contribution in [0.1, 0.15) is 31.4 Å². The SMILES string of the molecule is COc1ccccc1C(C)NC1CC1. The Morgan fingerprint density at radius 3 is 2.71 bits per heavy atom. The Morgan fingerprint density at radius 2 is 2.07 bits per heavy atom. The molecule has 0 aromatic heterocycles.